The van der Waals surface area contributed by atoms with Crippen LogP contribution in [0, 0.1) is 11.3 Å². The number of hydrogen-bond acceptors (Lipinski definition) is 6. The lowest BCUT2D eigenvalue weighted by atomic mass is 9.81. The van der Waals surface area contributed by atoms with Crippen molar-refractivity contribution in [2.24, 2.45) is 5.73 Å². The summed E-state index contributed by atoms with van der Waals surface area (Å²) < 4.78 is 16.5. The highest BCUT2D eigenvalue weighted by molar-refractivity contribution is 5.97. The highest BCUT2D eigenvalue weighted by Gasteiger charge is 2.37. The molecular weight excluding hydrogens is 356 g/mol. The van der Waals surface area contributed by atoms with Gasteiger partial charge in [0.05, 0.1) is 24.7 Å². The zero-order valence-corrected chi connectivity index (χ0v) is 16.1. The monoisotopic (exact) mass is 378 g/mol. The van der Waals surface area contributed by atoms with Crippen LogP contribution in [0.3, 0.4) is 0 Å². The molecule has 0 radical (unpaired) electrons. The molecule has 1 unspecified atom stereocenters. The molecule has 6 heteroatoms. The number of ether oxygens (including phenoxy) is 3. The average molecular weight is 378 g/mol. The van der Waals surface area contributed by atoms with Crippen molar-refractivity contribution in [2.75, 3.05) is 13.2 Å². The second kappa shape index (κ2) is 8.05. The van der Waals surface area contributed by atoms with Gasteiger partial charge >= 0.3 is 5.97 Å². The molecule has 144 valence electrons. The van der Waals surface area contributed by atoms with Crippen molar-refractivity contribution in [2.45, 2.75) is 26.7 Å². The minimum absolute atomic E-state index is 0.00369. The van der Waals surface area contributed by atoms with E-state index < -0.39 is 11.9 Å². The first kappa shape index (κ1) is 19.3. The third-order valence-electron chi connectivity index (χ3n) is 4.63. The maximum Gasteiger partial charge on any atom is 0.338 e. The van der Waals surface area contributed by atoms with Gasteiger partial charge in [-0.3, -0.25) is 0 Å². The fourth-order valence-corrected chi connectivity index (χ4v) is 3.49. The van der Waals surface area contributed by atoms with Gasteiger partial charge in [0.2, 0.25) is 5.88 Å². The Kier molecular flexibility index (Phi) is 5.55. The van der Waals surface area contributed by atoms with Gasteiger partial charge in [-0.25, -0.2) is 4.79 Å². The van der Waals surface area contributed by atoms with E-state index in [0.717, 1.165) is 22.1 Å². The van der Waals surface area contributed by atoms with Crippen LogP contribution in [-0.2, 0) is 14.3 Å². The summed E-state index contributed by atoms with van der Waals surface area (Å²) in [6.07, 6.45) is 0. The lowest BCUT2D eigenvalue weighted by Crippen LogP contribution is -2.25. The normalized spacial score (nSPS) is 16.6. The number of esters is 1. The van der Waals surface area contributed by atoms with Crippen molar-refractivity contribution >= 4 is 16.7 Å². The van der Waals surface area contributed by atoms with Crippen LogP contribution in [0.2, 0.25) is 0 Å². The number of carbonyl (C=O) groups excluding carboxylic acids is 1. The molecule has 2 aromatic rings. The van der Waals surface area contributed by atoms with Crippen molar-refractivity contribution in [1.29, 1.82) is 5.26 Å². The first-order chi connectivity index (χ1) is 13.5. The van der Waals surface area contributed by atoms with E-state index in [1.165, 1.54) is 0 Å². The second-order valence-electron chi connectivity index (χ2n) is 6.25. The van der Waals surface area contributed by atoms with Crippen molar-refractivity contribution in [1.82, 2.24) is 0 Å². The van der Waals surface area contributed by atoms with Gasteiger partial charge in [-0.2, -0.15) is 5.26 Å². The van der Waals surface area contributed by atoms with E-state index in [9.17, 15) is 10.1 Å². The maximum atomic E-state index is 12.7. The Hall–Kier alpha value is -3.46. The highest BCUT2D eigenvalue weighted by Crippen LogP contribution is 2.43. The number of nitriles is 1. The van der Waals surface area contributed by atoms with Crippen molar-refractivity contribution in [3.63, 3.8) is 0 Å². The summed E-state index contributed by atoms with van der Waals surface area (Å²) in [5.74, 6) is -0.140. The van der Waals surface area contributed by atoms with Crippen LogP contribution < -0.4 is 10.5 Å². The number of allylic oxidation sites excluding steroid dienone is 2. The van der Waals surface area contributed by atoms with Crippen LogP contribution in [0.4, 0.5) is 0 Å². The highest BCUT2D eigenvalue weighted by atomic mass is 16.5. The molecule has 2 aromatic carbocycles. The Balaban J connectivity index is 2.29. The molecule has 0 saturated heterocycles. The van der Waals surface area contributed by atoms with Crippen LogP contribution in [0.25, 0.3) is 10.8 Å². The summed E-state index contributed by atoms with van der Waals surface area (Å²) in [4.78, 5) is 12.7. The summed E-state index contributed by atoms with van der Waals surface area (Å²) in [6.45, 7) is 6.05. The van der Waals surface area contributed by atoms with Crippen molar-refractivity contribution in [3.05, 3.63) is 64.8 Å². The summed E-state index contributed by atoms with van der Waals surface area (Å²) in [5, 5.41) is 11.5. The van der Waals surface area contributed by atoms with Gasteiger partial charge in [0.15, 0.2) is 0 Å². The Morgan fingerprint density at radius 1 is 1.18 bits per heavy atom. The molecule has 1 heterocycles. The Morgan fingerprint density at radius 3 is 2.54 bits per heavy atom. The molecule has 0 amide bonds. The minimum Gasteiger partial charge on any atom is -0.493 e. The fourth-order valence-electron chi connectivity index (χ4n) is 3.49. The molecule has 6 nitrogen and oxygen atoms in total. The standard InChI is InChI=1S/C22H22N2O4/c1-4-26-18-11-10-16(14-8-6-7-9-15(14)18)20-17(12-23)21(24)28-13(3)19(20)22(25)27-5-2/h6-11,20H,4-5,24H2,1-3H3. The van der Waals surface area contributed by atoms with E-state index in [0.29, 0.717) is 12.4 Å². The zero-order valence-electron chi connectivity index (χ0n) is 16.1. The van der Waals surface area contributed by atoms with E-state index in [1.54, 1.807) is 13.8 Å². The van der Waals surface area contributed by atoms with E-state index in [4.69, 9.17) is 19.9 Å². The number of nitrogens with two attached hydrogens (primary N) is 1. The molecule has 28 heavy (non-hydrogen) atoms. The fraction of sp³-hybridized carbons (Fsp3) is 0.273. The largest absolute Gasteiger partial charge is 0.493 e. The summed E-state index contributed by atoms with van der Waals surface area (Å²) in [7, 11) is 0. The number of hydrogen-bond donors (Lipinski definition) is 1. The van der Waals surface area contributed by atoms with Crippen molar-refractivity contribution < 1.29 is 19.0 Å². The topological polar surface area (TPSA) is 94.6 Å². The third-order valence-corrected chi connectivity index (χ3v) is 4.63. The van der Waals surface area contributed by atoms with Gasteiger partial charge < -0.3 is 19.9 Å². The number of fused-ring (bicyclic) bond motifs is 1. The van der Waals surface area contributed by atoms with E-state index in [1.807, 2.05) is 43.3 Å². The van der Waals surface area contributed by atoms with E-state index >= 15 is 0 Å². The lowest BCUT2D eigenvalue weighted by Gasteiger charge is -2.28. The number of carbonyl (C=O) groups is 1. The molecule has 0 fully saturated rings. The van der Waals surface area contributed by atoms with Gasteiger partial charge in [-0.05, 0) is 37.8 Å². The summed E-state index contributed by atoms with van der Waals surface area (Å²) >= 11 is 0. The van der Waals surface area contributed by atoms with Crippen molar-refractivity contribution in [3.8, 4) is 11.8 Å². The predicted molar refractivity (Wildman–Crippen MR) is 105 cm³/mol. The van der Waals surface area contributed by atoms with Gasteiger partial charge in [0, 0.05) is 5.39 Å². The quantitative estimate of drug-likeness (QED) is 0.794. The van der Waals surface area contributed by atoms with Crippen LogP contribution >= 0.6 is 0 Å². The minimum atomic E-state index is -0.682. The molecule has 1 atom stereocenters. The smallest absolute Gasteiger partial charge is 0.338 e. The molecule has 0 saturated carbocycles. The van der Waals surface area contributed by atoms with Crippen LogP contribution in [0.1, 0.15) is 32.3 Å². The first-order valence-corrected chi connectivity index (χ1v) is 9.13. The summed E-state index contributed by atoms with van der Waals surface area (Å²) in [6, 6.07) is 13.5. The predicted octanol–water partition coefficient (Wildman–Crippen LogP) is 3.88. The molecule has 1 aliphatic rings. The Morgan fingerprint density at radius 2 is 1.89 bits per heavy atom. The maximum absolute atomic E-state index is 12.7. The van der Waals surface area contributed by atoms with Crippen LogP contribution in [0.15, 0.2) is 59.2 Å². The van der Waals surface area contributed by atoms with Gasteiger partial charge in [-0.1, -0.05) is 30.3 Å². The van der Waals surface area contributed by atoms with E-state index in [2.05, 4.69) is 6.07 Å². The molecule has 0 aliphatic carbocycles. The third kappa shape index (κ3) is 3.27. The molecule has 0 bridgehead atoms. The molecule has 0 spiro atoms. The molecular formula is C22H22N2O4. The number of rotatable bonds is 5. The molecule has 1 aliphatic heterocycles. The van der Waals surface area contributed by atoms with Crippen LogP contribution in [-0.4, -0.2) is 19.2 Å². The first-order valence-electron chi connectivity index (χ1n) is 9.13. The number of nitrogens with zero attached hydrogens (tertiary/aromatic N) is 1. The van der Waals surface area contributed by atoms with Gasteiger partial charge in [0.25, 0.3) is 0 Å². The lowest BCUT2D eigenvalue weighted by molar-refractivity contribution is -0.139. The molecule has 0 aromatic heterocycles. The molecule has 2 N–H and O–H groups in total. The van der Waals surface area contributed by atoms with Crippen LogP contribution in [0.5, 0.6) is 5.75 Å². The SMILES string of the molecule is CCOC(=O)C1=C(C)OC(N)=C(C#N)C1c1ccc(OCC)c2ccccc12. The van der Waals surface area contributed by atoms with E-state index in [-0.39, 0.29) is 23.6 Å². The summed E-state index contributed by atoms with van der Waals surface area (Å²) in [5.41, 5.74) is 7.22. The van der Waals surface area contributed by atoms with Gasteiger partial charge in [-0.15, -0.1) is 0 Å². The number of benzene rings is 2. The average Bonchev–Trinajstić information content (AvgIpc) is 2.68. The second-order valence-corrected chi connectivity index (χ2v) is 6.25. The Labute approximate surface area is 163 Å². The molecule has 3 rings (SSSR count). The van der Waals surface area contributed by atoms with Gasteiger partial charge in [0.1, 0.15) is 23.2 Å². The Bertz CT molecular complexity index is 1030. The zero-order chi connectivity index (χ0) is 20.3.